The first-order chi connectivity index (χ1) is 8.92. The van der Waals surface area contributed by atoms with Crippen LogP contribution >= 0.6 is 0 Å². The van der Waals surface area contributed by atoms with Crippen LogP contribution in [0.15, 0.2) is 18.5 Å². The number of rotatable bonds is 3. The van der Waals surface area contributed by atoms with Crippen molar-refractivity contribution in [2.75, 3.05) is 31.1 Å². The molecule has 3 rings (SSSR count). The highest BCUT2D eigenvalue weighted by Crippen LogP contribution is 2.09. The second kappa shape index (κ2) is 5.18. The molecule has 0 radical (unpaired) electrons. The SMILES string of the molecule is c1cnn(Cc2nc(N3CCCNCC3)n[nH]2)c1. The number of hydrogen-bond donors (Lipinski definition) is 2. The molecule has 0 bridgehead atoms. The Morgan fingerprint density at radius 2 is 2.28 bits per heavy atom. The van der Waals surface area contributed by atoms with Crippen LogP contribution in [0.5, 0.6) is 0 Å². The van der Waals surface area contributed by atoms with Crippen LogP contribution in [0.4, 0.5) is 5.95 Å². The molecule has 96 valence electrons. The lowest BCUT2D eigenvalue weighted by atomic mass is 10.4. The first kappa shape index (κ1) is 11.2. The lowest BCUT2D eigenvalue weighted by Crippen LogP contribution is -2.28. The molecule has 3 heterocycles. The van der Waals surface area contributed by atoms with Crippen LogP contribution in [0, 0.1) is 0 Å². The fraction of sp³-hybridized carbons (Fsp3) is 0.545. The van der Waals surface area contributed by atoms with E-state index in [9.17, 15) is 0 Å². The summed E-state index contributed by atoms with van der Waals surface area (Å²) < 4.78 is 1.83. The highest BCUT2D eigenvalue weighted by molar-refractivity contribution is 5.28. The monoisotopic (exact) mass is 247 g/mol. The number of nitrogens with zero attached hydrogens (tertiary/aromatic N) is 5. The molecule has 1 aliphatic rings. The fourth-order valence-corrected chi connectivity index (χ4v) is 2.09. The second-order valence-electron chi connectivity index (χ2n) is 4.38. The van der Waals surface area contributed by atoms with Gasteiger partial charge in [0.2, 0.25) is 5.95 Å². The van der Waals surface area contributed by atoms with Gasteiger partial charge in [0.1, 0.15) is 12.4 Å². The Morgan fingerprint density at radius 3 is 3.17 bits per heavy atom. The van der Waals surface area contributed by atoms with Crippen molar-refractivity contribution in [3.63, 3.8) is 0 Å². The summed E-state index contributed by atoms with van der Waals surface area (Å²) in [5.74, 6) is 1.63. The minimum Gasteiger partial charge on any atom is -0.338 e. The van der Waals surface area contributed by atoms with E-state index in [4.69, 9.17) is 0 Å². The fourth-order valence-electron chi connectivity index (χ4n) is 2.09. The second-order valence-corrected chi connectivity index (χ2v) is 4.38. The van der Waals surface area contributed by atoms with Gasteiger partial charge in [0.15, 0.2) is 0 Å². The minimum absolute atomic E-state index is 0.631. The van der Waals surface area contributed by atoms with E-state index in [-0.39, 0.29) is 0 Å². The summed E-state index contributed by atoms with van der Waals surface area (Å²) in [5, 5.41) is 14.8. The van der Waals surface area contributed by atoms with E-state index < -0.39 is 0 Å². The predicted molar refractivity (Wildman–Crippen MR) is 67.4 cm³/mol. The summed E-state index contributed by atoms with van der Waals surface area (Å²) in [7, 11) is 0. The Balaban J connectivity index is 1.68. The molecule has 0 atom stereocenters. The topological polar surface area (TPSA) is 74.7 Å². The highest BCUT2D eigenvalue weighted by atomic mass is 15.4. The van der Waals surface area contributed by atoms with Crippen LogP contribution < -0.4 is 10.2 Å². The molecule has 0 spiro atoms. The molecular formula is C11H17N7. The standard InChI is InChI=1S/C11H17N7/c1-3-12-5-8-17(6-1)11-14-10(15-16-11)9-18-7-2-4-13-18/h2,4,7,12H,1,3,5-6,8-9H2,(H,14,15,16). The summed E-state index contributed by atoms with van der Waals surface area (Å²) in [5.41, 5.74) is 0. The quantitative estimate of drug-likeness (QED) is 0.789. The van der Waals surface area contributed by atoms with Crippen molar-refractivity contribution >= 4 is 5.95 Å². The summed E-state index contributed by atoms with van der Waals surface area (Å²) in [6, 6.07) is 1.90. The number of H-pyrrole nitrogens is 1. The zero-order chi connectivity index (χ0) is 12.2. The molecule has 0 saturated carbocycles. The van der Waals surface area contributed by atoms with Crippen molar-refractivity contribution in [2.24, 2.45) is 0 Å². The Hall–Kier alpha value is -1.89. The summed E-state index contributed by atoms with van der Waals surface area (Å²) >= 11 is 0. The van der Waals surface area contributed by atoms with Gasteiger partial charge in [0.05, 0.1) is 0 Å². The molecule has 0 aliphatic carbocycles. The van der Waals surface area contributed by atoms with Gasteiger partial charge < -0.3 is 10.2 Å². The van der Waals surface area contributed by atoms with Crippen molar-refractivity contribution in [1.82, 2.24) is 30.3 Å². The van der Waals surface area contributed by atoms with E-state index in [0.717, 1.165) is 44.4 Å². The Morgan fingerprint density at radius 1 is 1.28 bits per heavy atom. The van der Waals surface area contributed by atoms with Crippen LogP contribution in [0.1, 0.15) is 12.2 Å². The van der Waals surface area contributed by atoms with E-state index in [1.54, 1.807) is 6.20 Å². The Bertz CT molecular complexity index is 467. The zero-order valence-electron chi connectivity index (χ0n) is 10.2. The molecule has 1 saturated heterocycles. The van der Waals surface area contributed by atoms with Crippen LogP contribution in [-0.4, -0.2) is 51.1 Å². The van der Waals surface area contributed by atoms with Gasteiger partial charge in [0.25, 0.3) is 0 Å². The van der Waals surface area contributed by atoms with E-state index in [1.807, 2.05) is 16.9 Å². The number of hydrogen-bond acceptors (Lipinski definition) is 5. The number of nitrogens with one attached hydrogen (secondary N) is 2. The number of anilines is 1. The normalized spacial score (nSPS) is 16.8. The lowest BCUT2D eigenvalue weighted by molar-refractivity contribution is 0.657. The predicted octanol–water partition coefficient (Wildman–Crippen LogP) is -0.151. The van der Waals surface area contributed by atoms with E-state index in [0.29, 0.717) is 6.54 Å². The molecule has 2 N–H and O–H groups in total. The average molecular weight is 247 g/mol. The van der Waals surface area contributed by atoms with E-state index in [2.05, 4.69) is 30.5 Å². The summed E-state index contributed by atoms with van der Waals surface area (Å²) in [6.45, 7) is 4.65. The van der Waals surface area contributed by atoms with Crippen LogP contribution in [0.3, 0.4) is 0 Å². The maximum absolute atomic E-state index is 4.52. The third-order valence-electron chi connectivity index (χ3n) is 3.01. The van der Waals surface area contributed by atoms with Crippen molar-refractivity contribution in [3.05, 3.63) is 24.3 Å². The molecular weight excluding hydrogens is 230 g/mol. The Kier molecular flexibility index (Phi) is 3.22. The summed E-state index contributed by atoms with van der Waals surface area (Å²) in [4.78, 5) is 6.73. The molecule has 2 aromatic heterocycles. The van der Waals surface area contributed by atoms with Crippen molar-refractivity contribution in [2.45, 2.75) is 13.0 Å². The van der Waals surface area contributed by atoms with Crippen molar-refractivity contribution in [3.8, 4) is 0 Å². The lowest BCUT2D eigenvalue weighted by Gasteiger charge is -2.16. The molecule has 1 fully saturated rings. The first-order valence-corrected chi connectivity index (χ1v) is 6.26. The maximum atomic E-state index is 4.52. The van der Waals surface area contributed by atoms with Gasteiger partial charge in [-0.25, -0.2) is 0 Å². The van der Waals surface area contributed by atoms with Crippen LogP contribution in [0.25, 0.3) is 0 Å². The molecule has 2 aromatic rings. The molecule has 0 amide bonds. The van der Waals surface area contributed by atoms with Gasteiger partial charge >= 0.3 is 0 Å². The highest BCUT2D eigenvalue weighted by Gasteiger charge is 2.14. The smallest absolute Gasteiger partial charge is 0.244 e. The van der Waals surface area contributed by atoms with E-state index in [1.165, 1.54) is 0 Å². The van der Waals surface area contributed by atoms with Crippen LogP contribution in [0.2, 0.25) is 0 Å². The van der Waals surface area contributed by atoms with Gasteiger partial charge in [-0.3, -0.25) is 9.78 Å². The molecule has 1 aliphatic heterocycles. The molecule has 18 heavy (non-hydrogen) atoms. The molecule has 0 unspecified atom stereocenters. The minimum atomic E-state index is 0.631. The zero-order valence-corrected chi connectivity index (χ0v) is 10.2. The first-order valence-electron chi connectivity index (χ1n) is 6.26. The summed E-state index contributed by atoms with van der Waals surface area (Å²) in [6.07, 6.45) is 4.80. The van der Waals surface area contributed by atoms with Crippen molar-refractivity contribution in [1.29, 1.82) is 0 Å². The molecule has 7 heteroatoms. The number of aromatic nitrogens is 5. The number of aromatic amines is 1. The third kappa shape index (κ3) is 2.51. The van der Waals surface area contributed by atoms with Crippen molar-refractivity contribution < 1.29 is 0 Å². The van der Waals surface area contributed by atoms with Gasteiger partial charge in [0, 0.05) is 32.0 Å². The molecule has 7 nitrogen and oxygen atoms in total. The van der Waals surface area contributed by atoms with E-state index >= 15 is 0 Å². The van der Waals surface area contributed by atoms with Gasteiger partial charge in [-0.2, -0.15) is 10.1 Å². The Labute approximate surface area is 105 Å². The average Bonchev–Trinajstić information content (AvgIpc) is 2.97. The maximum Gasteiger partial charge on any atom is 0.244 e. The van der Waals surface area contributed by atoms with Gasteiger partial charge in [-0.1, -0.05) is 0 Å². The largest absolute Gasteiger partial charge is 0.338 e. The third-order valence-corrected chi connectivity index (χ3v) is 3.01. The molecule has 0 aromatic carbocycles. The van der Waals surface area contributed by atoms with Gasteiger partial charge in [-0.05, 0) is 19.0 Å². The van der Waals surface area contributed by atoms with Crippen LogP contribution in [-0.2, 0) is 6.54 Å². The van der Waals surface area contributed by atoms with Gasteiger partial charge in [-0.15, -0.1) is 5.10 Å².